The highest BCUT2D eigenvalue weighted by molar-refractivity contribution is 6.41. The quantitative estimate of drug-likeness (QED) is 0.593. The summed E-state index contributed by atoms with van der Waals surface area (Å²) >= 11 is 11.6. The smallest absolute Gasteiger partial charge is 0.257 e. The van der Waals surface area contributed by atoms with Gasteiger partial charge < -0.3 is 10.1 Å². The molecule has 0 saturated heterocycles. The Balaban J connectivity index is 1.66. The molecule has 1 amide bonds. The number of aromatic nitrogens is 1. The molecule has 1 heterocycles. The van der Waals surface area contributed by atoms with E-state index in [9.17, 15) is 4.79 Å². The van der Waals surface area contributed by atoms with Crippen LogP contribution in [0.2, 0.25) is 10.2 Å². The Morgan fingerprint density at radius 2 is 1.60 bits per heavy atom. The minimum atomic E-state index is -0.321. The van der Waals surface area contributed by atoms with E-state index in [0.29, 0.717) is 17.0 Å². The number of aryl methyl sites for hydroxylation is 1. The summed E-state index contributed by atoms with van der Waals surface area (Å²) in [6, 6.07) is 16.3. The van der Waals surface area contributed by atoms with Gasteiger partial charge in [0.15, 0.2) is 0 Å². The lowest BCUT2D eigenvalue weighted by molar-refractivity contribution is 0.102. The third-order valence-electron chi connectivity index (χ3n) is 3.43. The van der Waals surface area contributed by atoms with Gasteiger partial charge in [0.25, 0.3) is 5.91 Å². The average molecular weight is 373 g/mol. The van der Waals surface area contributed by atoms with Gasteiger partial charge in [0, 0.05) is 11.9 Å². The van der Waals surface area contributed by atoms with Crippen molar-refractivity contribution < 1.29 is 9.53 Å². The molecule has 0 radical (unpaired) electrons. The molecule has 0 atom stereocenters. The summed E-state index contributed by atoms with van der Waals surface area (Å²) in [6.45, 7) is 2.02. The normalized spacial score (nSPS) is 10.4. The summed E-state index contributed by atoms with van der Waals surface area (Å²) in [5.74, 6) is 1.11. The third-order valence-corrected chi connectivity index (χ3v) is 4.11. The molecule has 0 aliphatic carbocycles. The van der Waals surface area contributed by atoms with Crippen molar-refractivity contribution in [2.45, 2.75) is 6.92 Å². The Morgan fingerprint density at radius 3 is 2.20 bits per heavy atom. The van der Waals surface area contributed by atoms with Gasteiger partial charge in [-0.3, -0.25) is 4.79 Å². The number of anilines is 1. The van der Waals surface area contributed by atoms with Crippen LogP contribution in [-0.4, -0.2) is 10.9 Å². The molecule has 0 bridgehead atoms. The van der Waals surface area contributed by atoms with Gasteiger partial charge in [0.2, 0.25) is 0 Å². The van der Waals surface area contributed by atoms with E-state index in [-0.39, 0.29) is 16.1 Å². The highest BCUT2D eigenvalue weighted by atomic mass is 35.5. The van der Waals surface area contributed by atoms with Crippen molar-refractivity contribution in [1.29, 1.82) is 0 Å². The van der Waals surface area contributed by atoms with Crippen LogP contribution in [0.25, 0.3) is 0 Å². The number of halogens is 2. The number of nitrogens with zero attached hydrogens (tertiary/aromatic N) is 1. The van der Waals surface area contributed by atoms with Crippen LogP contribution in [0, 0.1) is 6.92 Å². The molecule has 2 aromatic carbocycles. The summed E-state index contributed by atoms with van der Waals surface area (Å²) < 4.78 is 5.75. The van der Waals surface area contributed by atoms with Crippen LogP contribution in [-0.2, 0) is 0 Å². The second-order valence-corrected chi connectivity index (χ2v) is 6.16. The molecule has 0 aliphatic heterocycles. The van der Waals surface area contributed by atoms with E-state index in [2.05, 4.69) is 10.3 Å². The fourth-order valence-corrected chi connectivity index (χ4v) is 2.37. The number of ether oxygens (including phenoxy) is 1. The van der Waals surface area contributed by atoms with Crippen molar-refractivity contribution >= 4 is 34.8 Å². The first kappa shape index (κ1) is 17.3. The topological polar surface area (TPSA) is 51.2 Å². The van der Waals surface area contributed by atoms with Crippen LogP contribution in [0.5, 0.6) is 11.5 Å². The maximum Gasteiger partial charge on any atom is 0.257 e. The maximum atomic E-state index is 12.2. The molecule has 0 saturated carbocycles. The number of rotatable bonds is 4. The van der Waals surface area contributed by atoms with Gasteiger partial charge in [0.1, 0.15) is 16.7 Å². The van der Waals surface area contributed by atoms with Crippen LogP contribution in [0.3, 0.4) is 0 Å². The van der Waals surface area contributed by atoms with E-state index in [1.165, 1.54) is 17.8 Å². The predicted molar refractivity (Wildman–Crippen MR) is 99.9 cm³/mol. The first-order valence-electron chi connectivity index (χ1n) is 7.48. The van der Waals surface area contributed by atoms with Crippen LogP contribution < -0.4 is 10.1 Å². The lowest BCUT2D eigenvalue weighted by atomic mass is 10.2. The zero-order valence-electron chi connectivity index (χ0n) is 13.3. The first-order chi connectivity index (χ1) is 12.0. The van der Waals surface area contributed by atoms with Crippen molar-refractivity contribution in [3.63, 3.8) is 0 Å². The molecular formula is C19H14Cl2N2O2. The summed E-state index contributed by atoms with van der Waals surface area (Å²) in [6.07, 6.45) is 1.37. The van der Waals surface area contributed by atoms with Crippen molar-refractivity contribution in [3.8, 4) is 11.5 Å². The minimum Gasteiger partial charge on any atom is -0.457 e. The molecular weight excluding hydrogens is 359 g/mol. The first-order valence-corrected chi connectivity index (χ1v) is 8.24. The van der Waals surface area contributed by atoms with E-state index >= 15 is 0 Å². The molecule has 25 heavy (non-hydrogen) atoms. The highest BCUT2D eigenvalue weighted by Gasteiger charge is 2.09. The standard InChI is InChI=1S/C19H14Cl2N2O2/c1-12-2-6-15(7-3-12)25-16-8-4-14(5-9-16)23-19(24)13-10-17(20)18(21)22-11-13/h2-11H,1H3,(H,23,24). The number of amides is 1. The van der Waals surface area contributed by atoms with Gasteiger partial charge in [-0.1, -0.05) is 40.9 Å². The largest absolute Gasteiger partial charge is 0.457 e. The van der Waals surface area contributed by atoms with Gasteiger partial charge in [-0.15, -0.1) is 0 Å². The van der Waals surface area contributed by atoms with Crippen molar-refractivity contribution in [2.75, 3.05) is 5.32 Å². The van der Waals surface area contributed by atoms with Crippen molar-refractivity contribution in [1.82, 2.24) is 4.98 Å². The van der Waals surface area contributed by atoms with E-state index in [4.69, 9.17) is 27.9 Å². The van der Waals surface area contributed by atoms with E-state index in [0.717, 1.165) is 5.75 Å². The fraction of sp³-hybridized carbons (Fsp3) is 0.0526. The summed E-state index contributed by atoms with van der Waals surface area (Å²) in [7, 11) is 0. The Hall–Kier alpha value is -2.56. The van der Waals surface area contributed by atoms with Gasteiger partial charge in [0.05, 0.1) is 10.6 Å². The van der Waals surface area contributed by atoms with Gasteiger partial charge in [-0.2, -0.15) is 0 Å². The number of carbonyl (C=O) groups excluding carboxylic acids is 1. The maximum absolute atomic E-state index is 12.2. The van der Waals surface area contributed by atoms with Crippen LogP contribution in [0.1, 0.15) is 15.9 Å². The summed E-state index contributed by atoms with van der Waals surface area (Å²) in [5, 5.41) is 3.16. The molecule has 1 N–H and O–H groups in total. The van der Waals surface area contributed by atoms with E-state index in [1.54, 1.807) is 24.3 Å². The highest BCUT2D eigenvalue weighted by Crippen LogP contribution is 2.24. The number of hydrogen-bond donors (Lipinski definition) is 1. The summed E-state index contributed by atoms with van der Waals surface area (Å²) in [5.41, 5.74) is 2.13. The second-order valence-electron chi connectivity index (χ2n) is 5.39. The van der Waals surface area contributed by atoms with Gasteiger partial charge in [-0.05, 0) is 49.4 Å². The SMILES string of the molecule is Cc1ccc(Oc2ccc(NC(=O)c3cnc(Cl)c(Cl)c3)cc2)cc1. The van der Waals surface area contributed by atoms with E-state index in [1.807, 2.05) is 31.2 Å². The Kier molecular flexibility index (Phi) is 5.22. The summed E-state index contributed by atoms with van der Waals surface area (Å²) in [4.78, 5) is 16.1. The Bertz CT molecular complexity index is 894. The van der Waals surface area contributed by atoms with E-state index < -0.39 is 0 Å². The Morgan fingerprint density at radius 1 is 1.00 bits per heavy atom. The second kappa shape index (κ2) is 7.55. The zero-order valence-corrected chi connectivity index (χ0v) is 14.8. The fourth-order valence-electron chi connectivity index (χ4n) is 2.10. The number of benzene rings is 2. The molecule has 4 nitrogen and oxygen atoms in total. The Labute approximate surface area is 155 Å². The average Bonchev–Trinajstić information content (AvgIpc) is 2.61. The third kappa shape index (κ3) is 4.50. The van der Waals surface area contributed by atoms with Crippen molar-refractivity contribution in [2.24, 2.45) is 0 Å². The van der Waals surface area contributed by atoms with Crippen LogP contribution in [0.4, 0.5) is 5.69 Å². The minimum absolute atomic E-state index is 0.163. The predicted octanol–water partition coefficient (Wildman–Crippen LogP) is 5.74. The number of hydrogen-bond acceptors (Lipinski definition) is 3. The number of carbonyl (C=O) groups is 1. The lowest BCUT2D eigenvalue weighted by Crippen LogP contribution is -2.12. The zero-order chi connectivity index (χ0) is 17.8. The monoisotopic (exact) mass is 372 g/mol. The molecule has 6 heteroatoms. The lowest BCUT2D eigenvalue weighted by Gasteiger charge is -2.08. The molecule has 0 unspecified atom stereocenters. The molecule has 3 rings (SSSR count). The van der Waals surface area contributed by atoms with Gasteiger partial charge >= 0.3 is 0 Å². The molecule has 0 aliphatic rings. The molecule has 3 aromatic rings. The number of pyridine rings is 1. The van der Waals surface area contributed by atoms with Crippen LogP contribution in [0.15, 0.2) is 60.8 Å². The molecule has 0 fully saturated rings. The van der Waals surface area contributed by atoms with Crippen molar-refractivity contribution in [3.05, 3.63) is 82.1 Å². The molecule has 126 valence electrons. The van der Waals surface area contributed by atoms with Gasteiger partial charge in [-0.25, -0.2) is 4.98 Å². The number of nitrogens with one attached hydrogen (secondary N) is 1. The van der Waals surface area contributed by atoms with Crippen LogP contribution >= 0.6 is 23.2 Å². The molecule has 0 spiro atoms. The molecule has 1 aromatic heterocycles.